The monoisotopic (exact) mass is 575 g/mol. The normalized spacial score (nSPS) is 12.6. The number of hydrogen-bond acceptors (Lipinski definition) is 13. The number of hydrogen-bond donors (Lipinski definition) is 1. The Bertz CT molecular complexity index is 1060. The van der Waals surface area contributed by atoms with Crippen molar-refractivity contribution in [1.29, 1.82) is 0 Å². The maximum absolute atomic E-state index is 13.3. The molecule has 0 spiro atoms. The SMILES string of the molecule is Cc1ncnn2c(CCCC(CCO)OCP(=O)(OCOC(=O)OC(C)C)OCOC(=O)OC(C)C)ccc12. The molecule has 0 fully saturated rings. The quantitative estimate of drug-likeness (QED) is 0.161. The first-order valence-electron chi connectivity index (χ1n) is 12.6. The number of carbonyl (C=O) groups excluding carboxylic acids is 2. The van der Waals surface area contributed by atoms with Crippen LogP contribution in [0.4, 0.5) is 9.59 Å². The fourth-order valence-electron chi connectivity index (χ4n) is 3.34. The second-order valence-electron chi connectivity index (χ2n) is 9.02. The smallest absolute Gasteiger partial charge is 0.432 e. The Kier molecular flexibility index (Phi) is 13.6. The Morgan fingerprint density at radius 1 is 1.00 bits per heavy atom. The highest BCUT2D eigenvalue weighted by atomic mass is 31.2. The van der Waals surface area contributed by atoms with Crippen LogP contribution >= 0.6 is 7.60 Å². The minimum atomic E-state index is -4.09. The maximum Gasteiger partial charge on any atom is 0.510 e. The molecule has 2 rings (SSSR count). The van der Waals surface area contributed by atoms with Crippen molar-refractivity contribution in [3.8, 4) is 0 Å². The van der Waals surface area contributed by atoms with Crippen LogP contribution in [-0.4, -0.2) is 76.9 Å². The Morgan fingerprint density at radius 3 is 2.18 bits per heavy atom. The zero-order chi connectivity index (χ0) is 28.8. The summed E-state index contributed by atoms with van der Waals surface area (Å²) in [5.41, 5.74) is 2.78. The van der Waals surface area contributed by atoms with Gasteiger partial charge in [-0.3, -0.25) is 13.6 Å². The molecule has 1 atom stereocenters. The van der Waals surface area contributed by atoms with Gasteiger partial charge in [0.05, 0.1) is 29.5 Å². The standard InChI is InChI=1S/C24H38N3O11P/c1-17(2)37-23(29)32-14-35-39(31,36-15-33-24(30)38-18(3)4)16-34-21(11-12-28)8-6-7-20-9-10-22-19(5)25-13-26-27(20)22/h9-10,13,17-18,21,28H,6-8,11-12,14-16H2,1-5H3. The van der Waals surface area contributed by atoms with E-state index >= 15 is 0 Å². The number of aryl methyl sites for hydroxylation is 2. The van der Waals surface area contributed by atoms with Gasteiger partial charge in [0.15, 0.2) is 0 Å². The fraction of sp³-hybridized carbons (Fsp3) is 0.667. The van der Waals surface area contributed by atoms with Gasteiger partial charge in [-0.15, -0.1) is 0 Å². The average Bonchev–Trinajstić information content (AvgIpc) is 3.26. The van der Waals surface area contributed by atoms with Crippen LogP contribution in [0.1, 0.15) is 58.3 Å². The van der Waals surface area contributed by atoms with Crippen molar-refractivity contribution < 1.29 is 52.0 Å². The molecule has 220 valence electrons. The van der Waals surface area contributed by atoms with E-state index in [1.807, 2.05) is 23.6 Å². The second kappa shape index (κ2) is 16.4. The van der Waals surface area contributed by atoms with E-state index in [0.717, 1.165) is 16.9 Å². The topological polar surface area (TPSA) is 166 Å². The van der Waals surface area contributed by atoms with E-state index in [1.165, 1.54) is 6.33 Å². The summed E-state index contributed by atoms with van der Waals surface area (Å²) in [6, 6.07) is 3.93. The zero-order valence-corrected chi connectivity index (χ0v) is 23.8. The highest BCUT2D eigenvalue weighted by Gasteiger charge is 2.29. The molecule has 1 unspecified atom stereocenters. The number of aliphatic hydroxyl groups excluding tert-OH is 1. The third kappa shape index (κ3) is 11.9. The number of fused-ring (bicyclic) bond motifs is 1. The number of carbonyl (C=O) groups is 2. The fourth-order valence-corrected chi connectivity index (χ4v) is 4.38. The highest BCUT2D eigenvalue weighted by molar-refractivity contribution is 7.53. The number of nitrogens with zero attached hydrogens (tertiary/aromatic N) is 3. The largest absolute Gasteiger partial charge is 0.510 e. The number of ether oxygens (including phenoxy) is 5. The van der Waals surface area contributed by atoms with Crippen LogP contribution in [-0.2, 0) is 43.7 Å². The van der Waals surface area contributed by atoms with E-state index in [4.69, 9.17) is 32.7 Å². The molecular formula is C24H38N3O11P. The van der Waals surface area contributed by atoms with Crippen LogP contribution in [0.25, 0.3) is 5.52 Å². The lowest BCUT2D eigenvalue weighted by Crippen LogP contribution is -2.20. The molecule has 15 heteroatoms. The van der Waals surface area contributed by atoms with Crippen molar-refractivity contribution in [2.24, 2.45) is 0 Å². The van der Waals surface area contributed by atoms with Gasteiger partial charge in [-0.05, 0) is 72.4 Å². The molecule has 0 saturated heterocycles. The van der Waals surface area contributed by atoms with Gasteiger partial charge in [0, 0.05) is 12.3 Å². The van der Waals surface area contributed by atoms with Gasteiger partial charge in [-0.2, -0.15) is 5.10 Å². The van der Waals surface area contributed by atoms with Crippen molar-refractivity contribution in [3.63, 3.8) is 0 Å². The molecule has 39 heavy (non-hydrogen) atoms. The van der Waals surface area contributed by atoms with E-state index in [9.17, 15) is 19.3 Å². The van der Waals surface area contributed by atoms with Crippen LogP contribution in [0, 0.1) is 6.92 Å². The molecule has 2 heterocycles. The summed E-state index contributed by atoms with van der Waals surface area (Å²) < 4.78 is 50.4. The van der Waals surface area contributed by atoms with Gasteiger partial charge >= 0.3 is 19.9 Å². The first-order chi connectivity index (χ1) is 18.5. The van der Waals surface area contributed by atoms with Gasteiger partial charge in [-0.25, -0.2) is 19.1 Å². The number of rotatable bonds is 17. The minimum Gasteiger partial charge on any atom is -0.432 e. The van der Waals surface area contributed by atoms with E-state index in [-0.39, 0.29) is 13.0 Å². The van der Waals surface area contributed by atoms with Crippen molar-refractivity contribution in [2.75, 3.05) is 26.5 Å². The summed E-state index contributed by atoms with van der Waals surface area (Å²) in [6.45, 7) is 6.76. The highest BCUT2D eigenvalue weighted by Crippen LogP contribution is 2.48. The molecule has 1 N–H and O–H groups in total. The van der Waals surface area contributed by atoms with Crippen molar-refractivity contribution in [1.82, 2.24) is 14.6 Å². The lowest BCUT2D eigenvalue weighted by Gasteiger charge is -2.22. The van der Waals surface area contributed by atoms with E-state index in [1.54, 1.807) is 27.7 Å². The Morgan fingerprint density at radius 2 is 1.62 bits per heavy atom. The third-order valence-corrected chi connectivity index (χ3v) is 6.58. The molecule has 2 aromatic rings. The Labute approximate surface area is 227 Å². The maximum atomic E-state index is 13.3. The molecular weight excluding hydrogens is 537 g/mol. The molecule has 0 aliphatic rings. The molecule has 0 aliphatic heterocycles. The van der Waals surface area contributed by atoms with Crippen LogP contribution in [0.3, 0.4) is 0 Å². The van der Waals surface area contributed by atoms with Crippen molar-refractivity contribution in [3.05, 3.63) is 29.8 Å². The van der Waals surface area contributed by atoms with Gasteiger partial charge in [0.25, 0.3) is 0 Å². The molecule has 0 amide bonds. The van der Waals surface area contributed by atoms with Crippen molar-refractivity contribution >= 4 is 25.4 Å². The first-order valence-corrected chi connectivity index (χ1v) is 14.3. The second-order valence-corrected chi connectivity index (χ2v) is 11.0. The van der Waals surface area contributed by atoms with Gasteiger partial charge in [0.1, 0.15) is 12.7 Å². The van der Waals surface area contributed by atoms with Crippen molar-refractivity contribution in [2.45, 2.75) is 78.6 Å². The van der Waals surface area contributed by atoms with Gasteiger partial charge < -0.3 is 28.8 Å². The van der Waals surface area contributed by atoms with Crippen LogP contribution in [0.5, 0.6) is 0 Å². The predicted molar refractivity (Wildman–Crippen MR) is 137 cm³/mol. The summed E-state index contributed by atoms with van der Waals surface area (Å²) in [7, 11) is -4.09. The Balaban J connectivity index is 1.94. The summed E-state index contributed by atoms with van der Waals surface area (Å²) in [6.07, 6.45) is -0.291. The first kappa shape index (κ1) is 32.4. The summed E-state index contributed by atoms with van der Waals surface area (Å²) in [4.78, 5) is 27.4. The summed E-state index contributed by atoms with van der Waals surface area (Å²) >= 11 is 0. The lowest BCUT2D eigenvalue weighted by molar-refractivity contribution is -0.0383. The minimum absolute atomic E-state index is 0.161. The van der Waals surface area contributed by atoms with E-state index in [2.05, 4.69) is 10.1 Å². The Hall–Kier alpha value is -2.77. The molecule has 2 aromatic heterocycles. The number of aliphatic hydroxyl groups is 1. The van der Waals surface area contributed by atoms with Gasteiger partial charge in [-0.1, -0.05) is 0 Å². The molecule has 0 aliphatic carbocycles. The molecule has 0 saturated carbocycles. The molecule has 0 bridgehead atoms. The molecule has 0 aromatic carbocycles. The van der Waals surface area contributed by atoms with E-state index in [0.29, 0.717) is 19.3 Å². The van der Waals surface area contributed by atoms with E-state index < -0.39 is 58.2 Å². The van der Waals surface area contributed by atoms with Gasteiger partial charge in [0.2, 0.25) is 13.6 Å². The summed E-state index contributed by atoms with van der Waals surface area (Å²) in [5.74, 6) is 0. The zero-order valence-electron chi connectivity index (χ0n) is 22.9. The predicted octanol–water partition coefficient (Wildman–Crippen LogP) is 4.35. The summed E-state index contributed by atoms with van der Waals surface area (Å²) in [5, 5.41) is 13.8. The average molecular weight is 576 g/mol. The third-order valence-electron chi connectivity index (χ3n) is 5.12. The molecule has 0 radical (unpaired) electrons. The molecule has 14 nitrogen and oxygen atoms in total. The van der Waals surface area contributed by atoms with Crippen LogP contribution < -0.4 is 0 Å². The van der Waals surface area contributed by atoms with Crippen LogP contribution in [0.15, 0.2) is 18.5 Å². The lowest BCUT2D eigenvalue weighted by atomic mass is 10.1. The number of aromatic nitrogens is 3. The van der Waals surface area contributed by atoms with Crippen LogP contribution in [0.2, 0.25) is 0 Å².